The van der Waals surface area contributed by atoms with Gasteiger partial charge in [-0.3, -0.25) is 0 Å². The summed E-state index contributed by atoms with van der Waals surface area (Å²) >= 11 is 0. The van der Waals surface area contributed by atoms with Gasteiger partial charge < -0.3 is 9.53 Å². The van der Waals surface area contributed by atoms with Gasteiger partial charge in [-0.1, -0.05) is 30.3 Å². The number of carbonyl (C=O) groups excluding carboxylic acids is 1. The van der Waals surface area contributed by atoms with Crippen LogP contribution in [0.15, 0.2) is 42.5 Å². The first-order valence-electron chi connectivity index (χ1n) is 7.32. The molecule has 0 N–H and O–H groups in total. The van der Waals surface area contributed by atoms with Crippen LogP contribution in [0.5, 0.6) is 5.75 Å². The summed E-state index contributed by atoms with van der Waals surface area (Å²) in [4.78, 5) is 11.0. The third-order valence-corrected chi connectivity index (χ3v) is 3.72. The van der Waals surface area contributed by atoms with Gasteiger partial charge in [0, 0.05) is 6.42 Å². The fourth-order valence-electron chi connectivity index (χ4n) is 2.30. The molecule has 0 heterocycles. The normalized spacial score (nSPS) is 10.4. The van der Waals surface area contributed by atoms with Crippen LogP contribution in [0, 0.1) is 13.8 Å². The van der Waals surface area contributed by atoms with E-state index in [2.05, 4.69) is 32.0 Å². The lowest BCUT2D eigenvalue weighted by molar-refractivity contribution is -0.116. The predicted molar refractivity (Wildman–Crippen MR) is 85.7 cm³/mol. The van der Waals surface area contributed by atoms with Gasteiger partial charge in [-0.15, -0.1) is 0 Å². The van der Waals surface area contributed by atoms with E-state index in [0.717, 1.165) is 12.2 Å². The topological polar surface area (TPSA) is 26.3 Å². The van der Waals surface area contributed by atoms with Crippen molar-refractivity contribution in [2.75, 3.05) is 0 Å². The molecule has 0 saturated carbocycles. The molecule has 2 aromatic carbocycles. The maximum absolute atomic E-state index is 11.0. The summed E-state index contributed by atoms with van der Waals surface area (Å²) in [6.45, 7) is 6.43. The molecule has 0 aliphatic rings. The van der Waals surface area contributed by atoms with Crippen molar-refractivity contribution in [2.24, 2.45) is 0 Å². The van der Waals surface area contributed by atoms with Gasteiger partial charge in [0.2, 0.25) is 0 Å². The third kappa shape index (κ3) is 4.45. The molecule has 2 nitrogen and oxygen atoms in total. The van der Waals surface area contributed by atoms with Crippen molar-refractivity contribution in [3.05, 3.63) is 64.7 Å². The minimum absolute atomic E-state index is 0.227. The van der Waals surface area contributed by atoms with Gasteiger partial charge in [-0.05, 0) is 61.6 Å². The molecule has 0 aliphatic carbocycles. The number of hydrogen-bond donors (Lipinski definition) is 0. The highest BCUT2D eigenvalue weighted by Gasteiger charge is 2.03. The third-order valence-electron chi connectivity index (χ3n) is 3.72. The number of hydrogen-bond acceptors (Lipinski definition) is 2. The molecule has 0 fully saturated rings. The second kappa shape index (κ2) is 7.07. The van der Waals surface area contributed by atoms with Crippen LogP contribution in [-0.4, -0.2) is 5.78 Å². The van der Waals surface area contributed by atoms with Crippen LogP contribution in [-0.2, 0) is 17.8 Å². The molecule has 2 heteroatoms. The molecule has 2 rings (SSSR count). The summed E-state index contributed by atoms with van der Waals surface area (Å²) in [6, 6.07) is 14.3. The number of ketones is 1. The predicted octanol–water partition coefficient (Wildman–Crippen LogP) is 4.40. The van der Waals surface area contributed by atoms with Crippen molar-refractivity contribution in [1.29, 1.82) is 0 Å². The fourth-order valence-corrected chi connectivity index (χ4v) is 2.30. The Morgan fingerprint density at radius 3 is 2.19 bits per heavy atom. The fraction of sp³-hybridized carbons (Fsp3) is 0.316. The van der Waals surface area contributed by atoms with E-state index in [9.17, 15) is 4.79 Å². The molecule has 0 aromatic heterocycles. The smallest absolute Gasteiger partial charge is 0.130 e. The Bertz CT molecular complexity index is 592. The van der Waals surface area contributed by atoms with E-state index in [1.807, 2.05) is 24.3 Å². The van der Waals surface area contributed by atoms with Crippen LogP contribution in [0.25, 0.3) is 0 Å². The van der Waals surface area contributed by atoms with Gasteiger partial charge >= 0.3 is 0 Å². The van der Waals surface area contributed by atoms with Crippen molar-refractivity contribution in [2.45, 2.75) is 40.2 Å². The molecular formula is C19H22O2. The first-order chi connectivity index (χ1) is 10.1. The quantitative estimate of drug-likeness (QED) is 0.784. The Labute approximate surface area is 126 Å². The SMILES string of the molecule is CC(=O)CCc1ccc(OCc2c(C)cccc2C)cc1. The van der Waals surface area contributed by atoms with E-state index in [0.29, 0.717) is 13.0 Å². The molecule has 0 atom stereocenters. The Morgan fingerprint density at radius 1 is 1.00 bits per heavy atom. The molecule has 21 heavy (non-hydrogen) atoms. The molecular weight excluding hydrogens is 260 g/mol. The minimum atomic E-state index is 0.227. The lowest BCUT2D eigenvalue weighted by Gasteiger charge is -2.11. The first kappa shape index (κ1) is 15.3. The number of aryl methyl sites for hydroxylation is 3. The Balaban J connectivity index is 1.96. The van der Waals surface area contributed by atoms with Crippen LogP contribution >= 0.6 is 0 Å². The van der Waals surface area contributed by atoms with Gasteiger partial charge in [0.05, 0.1) is 0 Å². The number of benzene rings is 2. The van der Waals surface area contributed by atoms with Crippen LogP contribution in [0.4, 0.5) is 0 Å². The average molecular weight is 282 g/mol. The number of ether oxygens (including phenoxy) is 1. The Kier molecular flexibility index (Phi) is 5.15. The van der Waals surface area contributed by atoms with Crippen LogP contribution in [0.1, 0.15) is 35.6 Å². The number of rotatable bonds is 6. The summed E-state index contributed by atoms with van der Waals surface area (Å²) in [6.07, 6.45) is 1.40. The molecule has 110 valence electrons. The molecule has 0 saturated heterocycles. The van der Waals surface area contributed by atoms with Crippen molar-refractivity contribution in [3.8, 4) is 5.75 Å². The van der Waals surface area contributed by atoms with Gasteiger partial charge in [0.25, 0.3) is 0 Å². The van der Waals surface area contributed by atoms with E-state index in [1.165, 1.54) is 22.3 Å². The van der Waals surface area contributed by atoms with E-state index >= 15 is 0 Å². The lowest BCUT2D eigenvalue weighted by atomic mass is 10.0. The summed E-state index contributed by atoms with van der Waals surface area (Å²) in [5.41, 5.74) is 4.93. The zero-order valence-corrected chi connectivity index (χ0v) is 13.0. The number of carbonyl (C=O) groups is 1. The molecule has 0 bridgehead atoms. The minimum Gasteiger partial charge on any atom is -0.489 e. The van der Waals surface area contributed by atoms with E-state index < -0.39 is 0 Å². The maximum Gasteiger partial charge on any atom is 0.130 e. The van der Waals surface area contributed by atoms with Crippen molar-refractivity contribution >= 4 is 5.78 Å². The largest absolute Gasteiger partial charge is 0.489 e. The zero-order chi connectivity index (χ0) is 15.2. The summed E-state index contributed by atoms with van der Waals surface area (Å²) in [5.74, 6) is 1.09. The van der Waals surface area contributed by atoms with Crippen LogP contribution in [0.3, 0.4) is 0 Å². The lowest BCUT2D eigenvalue weighted by Crippen LogP contribution is -2.00. The Morgan fingerprint density at radius 2 is 1.62 bits per heavy atom. The van der Waals surface area contributed by atoms with Gasteiger partial charge in [0.15, 0.2) is 0 Å². The zero-order valence-electron chi connectivity index (χ0n) is 13.0. The molecule has 0 amide bonds. The highest BCUT2D eigenvalue weighted by atomic mass is 16.5. The molecule has 0 radical (unpaired) electrons. The Hall–Kier alpha value is -2.09. The van der Waals surface area contributed by atoms with Crippen molar-refractivity contribution in [3.63, 3.8) is 0 Å². The summed E-state index contributed by atoms with van der Waals surface area (Å²) in [7, 11) is 0. The molecule has 2 aromatic rings. The molecule has 0 spiro atoms. The molecule has 0 aliphatic heterocycles. The standard InChI is InChI=1S/C19H22O2/c1-14-5-4-6-15(2)19(14)13-21-18-11-9-17(10-12-18)8-7-16(3)20/h4-6,9-12H,7-8,13H2,1-3H3. The van der Waals surface area contributed by atoms with E-state index in [4.69, 9.17) is 4.74 Å². The summed E-state index contributed by atoms with van der Waals surface area (Å²) < 4.78 is 5.87. The number of Topliss-reactive ketones (excluding diaryl/α,β-unsaturated/α-hetero) is 1. The van der Waals surface area contributed by atoms with Crippen molar-refractivity contribution < 1.29 is 9.53 Å². The first-order valence-corrected chi connectivity index (χ1v) is 7.32. The maximum atomic E-state index is 11.0. The second-order valence-electron chi connectivity index (χ2n) is 5.51. The second-order valence-corrected chi connectivity index (χ2v) is 5.51. The monoisotopic (exact) mass is 282 g/mol. The highest BCUT2D eigenvalue weighted by molar-refractivity contribution is 5.75. The summed E-state index contributed by atoms with van der Waals surface area (Å²) in [5, 5.41) is 0. The van der Waals surface area contributed by atoms with E-state index in [1.54, 1.807) is 6.92 Å². The van der Waals surface area contributed by atoms with Gasteiger partial charge in [-0.25, -0.2) is 0 Å². The van der Waals surface area contributed by atoms with Gasteiger partial charge in [0.1, 0.15) is 18.1 Å². The van der Waals surface area contributed by atoms with Crippen molar-refractivity contribution in [1.82, 2.24) is 0 Å². The average Bonchev–Trinajstić information content (AvgIpc) is 2.46. The van der Waals surface area contributed by atoms with Crippen LogP contribution < -0.4 is 4.74 Å². The van der Waals surface area contributed by atoms with E-state index in [-0.39, 0.29) is 5.78 Å². The van der Waals surface area contributed by atoms with Gasteiger partial charge in [-0.2, -0.15) is 0 Å². The van der Waals surface area contributed by atoms with Crippen LogP contribution in [0.2, 0.25) is 0 Å². The molecule has 0 unspecified atom stereocenters. The highest BCUT2D eigenvalue weighted by Crippen LogP contribution is 2.18.